The van der Waals surface area contributed by atoms with Crippen molar-refractivity contribution in [3.63, 3.8) is 0 Å². The van der Waals surface area contributed by atoms with Gasteiger partial charge in [0.2, 0.25) is 0 Å². The normalized spacial score (nSPS) is 17.5. The van der Waals surface area contributed by atoms with Crippen LogP contribution in [0.15, 0.2) is 42.5 Å². The number of nitrogens with zero attached hydrogens (tertiary/aromatic N) is 2. The number of esters is 1. The highest BCUT2D eigenvalue weighted by Crippen LogP contribution is 2.31. The zero-order valence-corrected chi connectivity index (χ0v) is 19.1. The maximum Gasteiger partial charge on any atom is 0.338 e. The molecule has 34 heavy (non-hydrogen) atoms. The summed E-state index contributed by atoms with van der Waals surface area (Å²) in [5.74, 6) is -2.33. The summed E-state index contributed by atoms with van der Waals surface area (Å²) in [4.78, 5) is 52.3. The molecule has 0 bridgehead atoms. The summed E-state index contributed by atoms with van der Waals surface area (Å²) < 4.78 is 5.31. The van der Waals surface area contributed by atoms with Crippen LogP contribution in [-0.4, -0.2) is 35.3 Å². The van der Waals surface area contributed by atoms with Gasteiger partial charge >= 0.3 is 5.97 Å². The number of nitriles is 1. The first-order chi connectivity index (χ1) is 16.3. The van der Waals surface area contributed by atoms with Crippen LogP contribution in [0.4, 0.5) is 5.69 Å². The lowest BCUT2D eigenvalue weighted by Crippen LogP contribution is -2.52. The molecule has 1 aliphatic heterocycles. The molecule has 2 aliphatic rings. The smallest absolute Gasteiger partial charge is 0.338 e. The molecule has 1 N–H and O–H groups in total. The van der Waals surface area contributed by atoms with Crippen molar-refractivity contribution in [2.24, 2.45) is 0 Å². The summed E-state index contributed by atoms with van der Waals surface area (Å²) in [6.07, 6.45) is 2.72. The number of carbonyl (C=O) groups is 4. The predicted molar refractivity (Wildman–Crippen MR) is 123 cm³/mol. The van der Waals surface area contributed by atoms with Crippen molar-refractivity contribution in [2.45, 2.75) is 57.6 Å². The standard InChI is InChI=1S/C26H25N3O5/c1-16-8-4-5-9-21(16)29-23(31)19-11-10-18(14-20(19)24(29)32)25(33)34-17(2)22(30)28-26(15-27)12-6-3-7-13-26/h4-5,8-11,14,17H,3,6-7,12-13H2,1-2H3,(H,28,30)/t17-/m0/s1. The molecule has 0 aromatic heterocycles. The van der Waals surface area contributed by atoms with Gasteiger partial charge in [0.05, 0.1) is 28.4 Å². The Hall–Kier alpha value is -3.99. The largest absolute Gasteiger partial charge is 0.449 e. The number of hydrogen-bond donors (Lipinski definition) is 1. The molecule has 2 aromatic rings. The van der Waals surface area contributed by atoms with Gasteiger partial charge in [0.1, 0.15) is 5.54 Å². The lowest BCUT2D eigenvalue weighted by molar-refractivity contribution is -0.130. The van der Waals surface area contributed by atoms with E-state index in [2.05, 4.69) is 11.4 Å². The molecule has 0 spiro atoms. The first-order valence-corrected chi connectivity index (χ1v) is 11.3. The summed E-state index contributed by atoms with van der Waals surface area (Å²) in [7, 11) is 0. The molecule has 1 saturated carbocycles. The minimum atomic E-state index is -1.13. The van der Waals surface area contributed by atoms with Gasteiger partial charge in [-0.1, -0.05) is 37.5 Å². The number of nitrogens with one attached hydrogen (secondary N) is 1. The minimum Gasteiger partial charge on any atom is -0.449 e. The minimum absolute atomic E-state index is 0.0545. The Morgan fingerprint density at radius 3 is 2.41 bits per heavy atom. The van der Waals surface area contributed by atoms with E-state index >= 15 is 0 Å². The fraction of sp³-hybridized carbons (Fsp3) is 0.346. The second-order valence-corrected chi connectivity index (χ2v) is 8.78. The van der Waals surface area contributed by atoms with E-state index in [0.717, 1.165) is 29.7 Å². The number of ether oxygens (including phenoxy) is 1. The van der Waals surface area contributed by atoms with E-state index in [4.69, 9.17) is 4.74 Å². The van der Waals surface area contributed by atoms with E-state index in [1.165, 1.54) is 25.1 Å². The third-order valence-electron chi connectivity index (χ3n) is 6.42. The Morgan fingerprint density at radius 2 is 1.74 bits per heavy atom. The number of benzene rings is 2. The number of hydrogen-bond acceptors (Lipinski definition) is 6. The monoisotopic (exact) mass is 459 g/mol. The third kappa shape index (κ3) is 4.17. The quantitative estimate of drug-likeness (QED) is 0.538. The van der Waals surface area contributed by atoms with E-state index in [9.17, 15) is 24.4 Å². The van der Waals surface area contributed by atoms with Crippen molar-refractivity contribution < 1.29 is 23.9 Å². The summed E-state index contributed by atoms with van der Waals surface area (Å²) >= 11 is 0. The fourth-order valence-corrected chi connectivity index (χ4v) is 4.44. The zero-order valence-electron chi connectivity index (χ0n) is 19.1. The molecule has 1 atom stereocenters. The van der Waals surface area contributed by atoms with Crippen LogP contribution in [0.25, 0.3) is 0 Å². The molecule has 8 nitrogen and oxygen atoms in total. The Bertz CT molecular complexity index is 1220. The Balaban J connectivity index is 1.48. The first-order valence-electron chi connectivity index (χ1n) is 11.3. The average molecular weight is 460 g/mol. The van der Waals surface area contributed by atoms with Crippen LogP contribution in [0.5, 0.6) is 0 Å². The molecule has 1 fully saturated rings. The molecule has 2 aromatic carbocycles. The van der Waals surface area contributed by atoms with Crippen LogP contribution in [-0.2, 0) is 9.53 Å². The van der Waals surface area contributed by atoms with Crippen molar-refractivity contribution in [3.05, 3.63) is 64.7 Å². The molecule has 0 unspecified atom stereocenters. The molecule has 3 amide bonds. The number of aryl methyl sites for hydroxylation is 1. The summed E-state index contributed by atoms with van der Waals surface area (Å²) in [5, 5.41) is 12.3. The highest BCUT2D eigenvalue weighted by Gasteiger charge is 2.38. The zero-order chi connectivity index (χ0) is 24.5. The number of fused-ring (bicyclic) bond motifs is 1. The van der Waals surface area contributed by atoms with Crippen molar-refractivity contribution in [1.82, 2.24) is 5.32 Å². The second-order valence-electron chi connectivity index (χ2n) is 8.78. The van der Waals surface area contributed by atoms with E-state index in [-0.39, 0.29) is 16.7 Å². The molecular weight excluding hydrogens is 434 g/mol. The number of amides is 3. The number of para-hydroxylation sites is 1. The van der Waals surface area contributed by atoms with Crippen molar-refractivity contribution in [1.29, 1.82) is 5.26 Å². The van der Waals surface area contributed by atoms with Crippen molar-refractivity contribution in [3.8, 4) is 6.07 Å². The van der Waals surface area contributed by atoms with E-state index in [0.29, 0.717) is 18.5 Å². The van der Waals surface area contributed by atoms with Gasteiger partial charge in [-0.05, 0) is 56.5 Å². The van der Waals surface area contributed by atoms with Crippen LogP contribution < -0.4 is 10.2 Å². The number of anilines is 1. The summed E-state index contributed by atoms with van der Waals surface area (Å²) in [6, 6.07) is 13.4. The van der Waals surface area contributed by atoms with E-state index < -0.39 is 35.3 Å². The fourth-order valence-electron chi connectivity index (χ4n) is 4.44. The van der Waals surface area contributed by atoms with Gasteiger partial charge in [0.15, 0.2) is 6.10 Å². The lowest BCUT2D eigenvalue weighted by Gasteiger charge is -2.32. The van der Waals surface area contributed by atoms with Crippen molar-refractivity contribution in [2.75, 3.05) is 4.90 Å². The molecule has 1 heterocycles. The Labute approximate surface area is 197 Å². The number of carbonyl (C=O) groups excluding carboxylic acids is 4. The molecular formula is C26H25N3O5. The molecule has 1 aliphatic carbocycles. The highest BCUT2D eigenvalue weighted by molar-refractivity contribution is 6.34. The van der Waals surface area contributed by atoms with Gasteiger partial charge in [-0.25, -0.2) is 9.69 Å². The topological polar surface area (TPSA) is 117 Å². The Morgan fingerprint density at radius 1 is 1.06 bits per heavy atom. The molecule has 0 saturated heterocycles. The van der Waals surface area contributed by atoms with Gasteiger partial charge in [-0.2, -0.15) is 5.26 Å². The van der Waals surface area contributed by atoms with E-state index in [1.807, 2.05) is 6.07 Å². The highest BCUT2D eigenvalue weighted by atomic mass is 16.5. The van der Waals surface area contributed by atoms with Gasteiger partial charge < -0.3 is 10.1 Å². The van der Waals surface area contributed by atoms with Crippen LogP contribution in [0.1, 0.15) is 75.7 Å². The molecule has 8 heteroatoms. The second kappa shape index (κ2) is 9.10. The molecule has 174 valence electrons. The number of imide groups is 1. The van der Waals surface area contributed by atoms with Crippen LogP contribution >= 0.6 is 0 Å². The summed E-state index contributed by atoms with van der Waals surface area (Å²) in [5.41, 5.74) is 0.671. The average Bonchev–Trinajstić information content (AvgIpc) is 3.09. The van der Waals surface area contributed by atoms with Crippen LogP contribution in [0.3, 0.4) is 0 Å². The van der Waals surface area contributed by atoms with Gasteiger partial charge in [0.25, 0.3) is 17.7 Å². The lowest BCUT2D eigenvalue weighted by atomic mass is 9.83. The summed E-state index contributed by atoms with van der Waals surface area (Å²) in [6.45, 7) is 3.24. The van der Waals surface area contributed by atoms with Crippen LogP contribution in [0.2, 0.25) is 0 Å². The number of rotatable bonds is 5. The first kappa shape index (κ1) is 23.2. The third-order valence-corrected chi connectivity index (χ3v) is 6.42. The van der Waals surface area contributed by atoms with Crippen molar-refractivity contribution >= 4 is 29.4 Å². The van der Waals surface area contributed by atoms with Gasteiger partial charge in [-0.3, -0.25) is 14.4 Å². The van der Waals surface area contributed by atoms with E-state index in [1.54, 1.807) is 25.1 Å². The van der Waals surface area contributed by atoms with Crippen LogP contribution in [0, 0.1) is 18.3 Å². The van der Waals surface area contributed by atoms with Gasteiger partial charge in [0, 0.05) is 0 Å². The maximum absolute atomic E-state index is 13.0. The van der Waals surface area contributed by atoms with Gasteiger partial charge in [-0.15, -0.1) is 0 Å². The predicted octanol–water partition coefficient (Wildman–Crippen LogP) is 3.68. The SMILES string of the molecule is Cc1ccccc1N1C(=O)c2ccc(C(=O)O[C@@H](C)C(=O)NC3(C#N)CCCCC3)cc2C1=O. The maximum atomic E-state index is 13.0. The molecule has 0 radical (unpaired) electrons. The molecule has 4 rings (SSSR count). The Kier molecular flexibility index (Phi) is 6.20.